The minimum atomic E-state index is -4.86. The maximum absolute atomic E-state index is 13.8. The van der Waals surface area contributed by atoms with E-state index in [1.165, 1.54) is 43.8 Å². The van der Waals surface area contributed by atoms with Crippen LogP contribution in [0.2, 0.25) is 0 Å². The first-order valence-electron chi connectivity index (χ1n) is 10.4. The predicted molar refractivity (Wildman–Crippen MR) is 124 cm³/mol. The van der Waals surface area contributed by atoms with Crippen LogP contribution in [0.4, 0.5) is 29.1 Å². The van der Waals surface area contributed by atoms with E-state index in [-0.39, 0.29) is 27.7 Å². The minimum Gasteiger partial charge on any atom is -0.494 e. The van der Waals surface area contributed by atoms with Crippen molar-refractivity contribution in [2.45, 2.75) is 17.8 Å². The molecule has 0 aliphatic carbocycles. The fourth-order valence-corrected chi connectivity index (χ4v) is 5.02. The number of pyridine rings is 1. The summed E-state index contributed by atoms with van der Waals surface area (Å²) in [5, 5.41) is 6.42. The lowest BCUT2D eigenvalue weighted by molar-refractivity contribution is -0.274. The number of hydrogen-bond acceptors (Lipinski definition) is 7. The van der Waals surface area contributed by atoms with Crippen molar-refractivity contribution in [3.05, 3.63) is 72.3 Å². The van der Waals surface area contributed by atoms with Gasteiger partial charge in [-0.2, -0.15) is 0 Å². The number of methoxy groups -OCH3 is 1. The third-order valence-corrected chi connectivity index (χ3v) is 6.80. The maximum atomic E-state index is 13.8. The van der Waals surface area contributed by atoms with Gasteiger partial charge in [0.05, 0.1) is 23.2 Å². The highest BCUT2D eigenvalue weighted by molar-refractivity contribution is 7.90. The van der Waals surface area contributed by atoms with Crippen molar-refractivity contribution in [3.8, 4) is 11.5 Å². The average Bonchev–Trinajstić information content (AvgIpc) is 3.18. The van der Waals surface area contributed by atoms with Gasteiger partial charge in [-0.15, -0.1) is 13.2 Å². The summed E-state index contributed by atoms with van der Waals surface area (Å²) in [7, 11) is -1.19. The van der Waals surface area contributed by atoms with Crippen LogP contribution in [0.25, 0.3) is 10.9 Å². The molecular weight excluding hydrogens is 504 g/mol. The Morgan fingerprint density at radius 3 is 2.56 bits per heavy atom. The molecule has 0 radical (unpaired) electrons. The number of alkyl halides is 3. The number of halogens is 4. The summed E-state index contributed by atoms with van der Waals surface area (Å²) < 4.78 is 88.2. The Hall–Kier alpha value is -3.84. The molecule has 2 aromatic heterocycles. The predicted octanol–water partition coefficient (Wildman–Crippen LogP) is 4.78. The Morgan fingerprint density at radius 2 is 1.89 bits per heavy atom. The number of aromatic nitrogens is 2. The lowest BCUT2D eigenvalue weighted by Crippen LogP contribution is -2.17. The maximum Gasteiger partial charge on any atom is 0.573 e. The Bertz CT molecular complexity index is 1520. The van der Waals surface area contributed by atoms with E-state index in [1.54, 1.807) is 7.05 Å². The van der Waals surface area contributed by atoms with E-state index in [1.807, 2.05) is 0 Å². The van der Waals surface area contributed by atoms with Crippen LogP contribution in [0, 0.1) is 5.82 Å². The fourth-order valence-electron chi connectivity index (χ4n) is 3.60. The third-order valence-electron chi connectivity index (χ3n) is 5.13. The summed E-state index contributed by atoms with van der Waals surface area (Å²) in [5.41, 5.74) is 1.16. The summed E-state index contributed by atoms with van der Waals surface area (Å²) in [6.45, 7) is 0.338. The van der Waals surface area contributed by atoms with E-state index in [0.29, 0.717) is 17.5 Å². The first-order valence-corrected chi connectivity index (χ1v) is 11.8. The van der Waals surface area contributed by atoms with Gasteiger partial charge in [0.15, 0.2) is 0 Å². The smallest absolute Gasteiger partial charge is 0.494 e. The van der Waals surface area contributed by atoms with Crippen LogP contribution in [0.1, 0.15) is 5.56 Å². The van der Waals surface area contributed by atoms with Gasteiger partial charge in [0.2, 0.25) is 0 Å². The molecule has 0 bridgehead atoms. The van der Waals surface area contributed by atoms with E-state index < -0.39 is 28.0 Å². The fraction of sp³-hybridized carbons (Fsp3) is 0.174. The summed E-state index contributed by atoms with van der Waals surface area (Å²) in [5.74, 6) is -0.940. The van der Waals surface area contributed by atoms with Crippen LogP contribution in [-0.4, -0.2) is 37.9 Å². The molecule has 2 aromatic carbocycles. The van der Waals surface area contributed by atoms with Gasteiger partial charge in [-0.25, -0.2) is 21.8 Å². The normalized spacial score (nSPS) is 12.1. The van der Waals surface area contributed by atoms with Crippen LogP contribution in [0.15, 0.2) is 65.8 Å². The second-order valence-corrected chi connectivity index (χ2v) is 9.38. The molecule has 36 heavy (non-hydrogen) atoms. The molecule has 4 rings (SSSR count). The zero-order valence-electron chi connectivity index (χ0n) is 18.9. The second-order valence-electron chi connectivity index (χ2n) is 7.56. The standard InChI is InChI=1S/C23H20F4N4O4S/c1-28-11-14-13-31(36(32,33)17-5-3-4-15(24)8-17)20-10-22(29-12-18(14)20)30-19-7-6-16(9-21(19)34-2)35-23(25,26)27/h3-10,12-13,28H,11H2,1-2H3,(H,29,30). The molecule has 0 aliphatic heterocycles. The van der Waals surface area contributed by atoms with E-state index in [4.69, 9.17) is 4.74 Å². The van der Waals surface area contributed by atoms with Crippen molar-refractivity contribution < 1.29 is 35.5 Å². The number of rotatable bonds is 8. The SMILES string of the molecule is CNCc1cn(S(=O)(=O)c2cccc(F)c2)c2cc(Nc3ccc(OC(F)(F)F)cc3OC)ncc12. The van der Waals surface area contributed by atoms with Crippen LogP contribution >= 0.6 is 0 Å². The minimum absolute atomic E-state index is 0.0392. The Labute approximate surface area is 203 Å². The van der Waals surface area contributed by atoms with Gasteiger partial charge in [-0.3, -0.25) is 0 Å². The molecule has 190 valence electrons. The van der Waals surface area contributed by atoms with Crippen molar-refractivity contribution in [3.63, 3.8) is 0 Å². The van der Waals surface area contributed by atoms with Gasteiger partial charge in [0.1, 0.15) is 23.1 Å². The summed E-state index contributed by atoms with van der Waals surface area (Å²) >= 11 is 0. The molecule has 0 fully saturated rings. The van der Waals surface area contributed by atoms with Gasteiger partial charge < -0.3 is 20.1 Å². The number of nitrogens with one attached hydrogen (secondary N) is 2. The Morgan fingerprint density at radius 1 is 1.11 bits per heavy atom. The molecule has 4 aromatic rings. The van der Waals surface area contributed by atoms with E-state index >= 15 is 0 Å². The Kier molecular flexibility index (Phi) is 6.78. The van der Waals surface area contributed by atoms with E-state index in [0.717, 1.165) is 28.2 Å². The van der Waals surface area contributed by atoms with Crippen LogP contribution in [0.3, 0.4) is 0 Å². The molecule has 2 heterocycles. The average molecular weight is 524 g/mol. The third kappa shape index (κ3) is 5.21. The van der Waals surface area contributed by atoms with Crippen molar-refractivity contribution in [1.29, 1.82) is 0 Å². The molecule has 0 aliphatic rings. The highest BCUT2D eigenvalue weighted by Crippen LogP contribution is 2.35. The van der Waals surface area contributed by atoms with Crippen molar-refractivity contribution in [1.82, 2.24) is 14.3 Å². The highest BCUT2D eigenvalue weighted by atomic mass is 32.2. The van der Waals surface area contributed by atoms with Gasteiger partial charge in [0, 0.05) is 36.5 Å². The first-order chi connectivity index (χ1) is 17.0. The zero-order chi connectivity index (χ0) is 26.1. The number of fused-ring (bicyclic) bond motifs is 1. The summed E-state index contributed by atoms with van der Waals surface area (Å²) in [4.78, 5) is 4.08. The highest BCUT2D eigenvalue weighted by Gasteiger charge is 2.31. The number of anilines is 2. The molecular formula is C23H20F4N4O4S. The molecule has 0 spiro atoms. The second kappa shape index (κ2) is 9.66. The monoisotopic (exact) mass is 524 g/mol. The molecule has 0 saturated carbocycles. The quantitative estimate of drug-likeness (QED) is 0.320. The Balaban J connectivity index is 1.77. The molecule has 13 heteroatoms. The lowest BCUT2D eigenvalue weighted by atomic mass is 10.2. The topological polar surface area (TPSA) is 94.5 Å². The van der Waals surface area contributed by atoms with Gasteiger partial charge in [-0.05, 0) is 42.9 Å². The van der Waals surface area contributed by atoms with Crippen LogP contribution in [0.5, 0.6) is 11.5 Å². The number of benzene rings is 2. The van der Waals surface area contributed by atoms with Crippen LogP contribution < -0.4 is 20.1 Å². The lowest BCUT2D eigenvalue weighted by Gasteiger charge is -2.14. The molecule has 0 amide bonds. The number of nitrogens with zero attached hydrogens (tertiary/aromatic N) is 2. The van der Waals surface area contributed by atoms with Crippen molar-refractivity contribution >= 4 is 32.4 Å². The molecule has 0 saturated heterocycles. The first kappa shape index (κ1) is 25.3. The summed E-state index contributed by atoms with van der Waals surface area (Å²) in [6, 6.07) is 9.58. The summed E-state index contributed by atoms with van der Waals surface area (Å²) in [6.07, 6.45) is -1.97. The zero-order valence-corrected chi connectivity index (χ0v) is 19.7. The van der Waals surface area contributed by atoms with Crippen molar-refractivity contribution in [2.75, 3.05) is 19.5 Å². The van der Waals surface area contributed by atoms with Crippen molar-refractivity contribution in [2.24, 2.45) is 0 Å². The number of ether oxygens (including phenoxy) is 2. The number of hydrogen-bond donors (Lipinski definition) is 2. The van der Waals surface area contributed by atoms with Crippen LogP contribution in [-0.2, 0) is 16.6 Å². The van der Waals surface area contributed by atoms with E-state index in [2.05, 4.69) is 20.4 Å². The van der Waals surface area contributed by atoms with E-state index in [9.17, 15) is 26.0 Å². The molecule has 0 atom stereocenters. The van der Waals surface area contributed by atoms with Gasteiger partial charge in [-0.1, -0.05) is 6.07 Å². The van der Waals surface area contributed by atoms with Gasteiger partial charge in [0.25, 0.3) is 10.0 Å². The molecule has 0 unspecified atom stereocenters. The molecule has 2 N–H and O–H groups in total. The van der Waals surface area contributed by atoms with Gasteiger partial charge >= 0.3 is 6.36 Å². The molecule has 8 nitrogen and oxygen atoms in total. The largest absolute Gasteiger partial charge is 0.573 e.